The van der Waals surface area contributed by atoms with Gasteiger partial charge in [0, 0.05) is 33.9 Å². The second kappa shape index (κ2) is 8.95. The van der Waals surface area contributed by atoms with Gasteiger partial charge in [-0.2, -0.15) is 0 Å². The summed E-state index contributed by atoms with van der Waals surface area (Å²) in [6.07, 6.45) is 0.733. The highest BCUT2D eigenvalue weighted by Crippen LogP contribution is 2.40. The van der Waals surface area contributed by atoms with Gasteiger partial charge in [0.15, 0.2) is 0 Å². The highest BCUT2D eigenvalue weighted by Gasteiger charge is 2.35. The average molecular weight is 476 g/mol. The number of benzene rings is 3. The van der Waals surface area contributed by atoms with Gasteiger partial charge in [-0.25, -0.2) is 4.79 Å². The largest absolute Gasteiger partial charge is 0.497 e. The Bertz CT molecular complexity index is 1360. The molecule has 0 saturated heterocycles. The summed E-state index contributed by atoms with van der Waals surface area (Å²) in [4.78, 5) is 19.0. The van der Waals surface area contributed by atoms with Gasteiger partial charge in [0.1, 0.15) is 11.5 Å². The number of halogens is 1. The van der Waals surface area contributed by atoms with E-state index in [1.165, 1.54) is 5.56 Å². The zero-order valence-electron chi connectivity index (χ0n) is 19.3. The molecular formula is C27H26ClN3O3. The third-order valence-corrected chi connectivity index (χ3v) is 6.70. The Balaban J connectivity index is 1.59. The summed E-state index contributed by atoms with van der Waals surface area (Å²) in [5.74, 6) is 1.58. The minimum atomic E-state index is -0.285. The lowest BCUT2D eigenvalue weighted by atomic mass is 9.92. The van der Waals surface area contributed by atoms with Crippen molar-refractivity contribution >= 4 is 34.2 Å². The topological polar surface area (TPSA) is 66.6 Å². The van der Waals surface area contributed by atoms with Gasteiger partial charge in [-0.05, 0) is 72.5 Å². The van der Waals surface area contributed by atoms with Crippen LogP contribution in [0.3, 0.4) is 0 Å². The van der Waals surface area contributed by atoms with Crippen molar-refractivity contribution in [2.24, 2.45) is 0 Å². The van der Waals surface area contributed by atoms with Crippen molar-refractivity contribution in [2.75, 3.05) is 26.1 Å². The van der Waals surface area contributed by atoms with Gasteiger partial charge < -0.3 is 24.7 Å². The molecule has 0 fully saturated rings. The lowest BCUT2D eigenvalue weighted by molar-refractivity contribution is 0.193. The number of ether oxygens (including phenoxy) is 2. The monoisotopic (exact) mass is 475 g/mol. The van der Waals surface area contributed by atoms with Crippen molar-refractivity contribution < 1.29 is 14.3 Å². The Labute approximate surface area is 203 Å². The number of carbonyl (C=O) groups excluding carboxylic acids is 1. The van der Waals surface area contributed by atoms with Gasteiger partial charge in [-0.1, -0.05) is 29.8 Å². The molecule has 3 aromatic carbocycles. The molecule has 5 rings (SSSR count). The van der Waals surface area contributed by atoms with Gasteiger partial charge in [-0.15, -0.1) is 0 Å². The SMILES string of the molecule is COc1ccc([C@H]2c3[nH]c4ccc(OC)cc4c3CCN2C(=O)Nc2cc(Cl)ccc2C)cc1. The van der Waals surface area contributed by atoms with Gasteiger partial charge in [0.2, 0.25) is 0 Å². The smallest absolute Gasteiger partial charge is 0.322 e. The first kappa shape index (κ1) is 22.2. The van der Waals surface area contributed by atoms with E-state index in [9.17, 15) is 4.79 Å². The van der Waals surface area contributed by atoms with E-state index in [1.54, 1.807) is 20.3 Å². The number of hydrogen-bond acceptors (Lipinski definition) is 3. The molecule has 6 nitrogen and oxygen atoms in total. The summed E-state index contributed by atoms with van der Waals surface area (Å²) in [6.45, 7) is 2.52. The van der Waals surface area contributed by atoms with Crippen LogP contribution in [-0.4, -0.2) is 36.7 Å². The third-order valence-electron chi connectivity index (χ3n) is 6.47. The zero-order valence-corrected chi connectivity index (χ0v) is 20.1. The minimum Gasteiger partial charge on any atom is -0.497 e. The Hall–Kier alpha value is -3.64. The summed E-state index contributed by atoms with van der Waals surface area (Å²) in [7, 11) is 3.32. The Kier molecular flexibility index (Phi) is 5.84. The quantitative estimate of drug-likeness (QED) is 0.362. The number of anilines is 1. The van der Waals surface area contributed by atoms with Crippen LogP contribution < -0.4 is 14.8 Å². The maximum absolute atomic E-state index is 13.6. The number of nitrogens with one attached hydrogen (secondary N) is 2. The van der Waals surface area contributed by atoms with Gasteiger partial charge in [0.25, 0.3) is 0 Å². The summed E-state index contributed by atoms with van der Waals surface area (Å²) in [6, 6.07) is 18.9. The van der Waals surface area contributed by atoms with Crippen LogP contribution in [0.1, 0.15) is 28.4 Å². The molecule has 0 spiro atoms. The lowest BCUT2D eigenvalue weighted by Crippen LogP contribution is -2.43. The highest BCUT2D eigenvalue weighted by molar-refractivity contribution is 6.31. The number of aromatic amines is 1. The van der Waals surface area contributed by atoms with Crippen LogP contribution in [-0.2, 0) is 6.42 Å². The maximum Gasteiger partial charge on any atom is 0.322 e. The molecule has 174 valence electrons. The molecule has 0 aliphatic carbocycles. The fourth-order valence-electron chi connectivity index (χ4n) is 4.66. The molecule has 7 heteroatoms. The summed E-state index contributed by atoms with van der Waals surface area (Å²) < 4.78 is 10.8. The molecule has 0 bridgehead atoms. The summed E-state index contributed by atoms with van der Waals surface area (Å²) in [5, 5.41) is 4.78. The van der Waals surface area contributed by atoms with Crippen LogP contribution in [0.25, 0.3) is 10.9 Å². The molecule has 1 aliphatic rings. The summed E-state index contributed by atoms with van der Waals surface area (Å²) >= 11 is 6.18. The number of amides is 2. The molecule has 2 heterocycles. The van der Waals surface area contributed by atoms with Gasteiger partial charge >= 0.3 is 6.03 Å². The number of methoxy groups -OCH3 is 2. The minimum absolute atomic E-state index is 0.173. The van der Waals surface area contributed by atoms with E-state index in [0.717, 1.165) is 45.6 Å². The molecule has 2 N–H and O–H groups in total. The lowest BCUT2D eigenvalue weighted by Gasteiger charge is -2.36. The van der Waals surface area contributed by atoms with Gasteiger partial charge in [-0.3, -0.25) is 0 Å². The number of H-pyrrole nitrogens is 1. The van der Waals surface area contributed by atoms with Crippen LogP contribution >= 0.6 is 11.6 Å². The van der Waals surface area contributed by atoms with Crippen LogP contribution in [0.5, 0.6) is 11.5 Å². The van der Waals surface area contributed by atoms with Crippen molar-refractivity contribution in [3.05, 3.63) is 88.1 Å². The standard InChI is InChI=1S/C27H26ClN3O3/c1-16-4-7-18(28)14-24(16)30-27(32)31-13-12-21-22-15-20(34-3)10-11-23(22)29-25(21)26(31)17-5-8-19(33-2)9-6-17/h4-11,14-15,26,29H,12-13H2,1-3H3,(H,30,32)/t26-/m0/s1. The molecular weight excluding hydrogens is 450 g/mol. The number of carbonyl (C=O) groups is 1. The first-order valence-electron chi connectivity index (χ1n) is 11.1. The zero-order chi connectivity index (χ0) is 23.8. The Morgan fingerprint density at radius 3 is 2.50 bits per heavy atom. The Morgan fingerprint density at radius 2 is 1.76 bits per heavy atom. The van der Waals surface area contributed by atoms with Crippen LogP contribution in [0.4, 0.5) is 10.5 Å². The van der Waals surface area contributed by atoms with E-state index in [4.69, 9.17) is 21.1 Å². The number of fused-ring (bicyclic) bond motifs is 3. The van der Waals surface area contributed by atoms with Crippen molar-refractivity contribution in [1.29, 1.82) is 0 Å². The van der Waals surface area contributed by atoms with Crippen molar-refractivity contribution in [3.63, 3.8) is 0 Å². The average Bonchev–Trinajstić information content (AvgIpc) is 3.23. The van der Waals surface area contributed by atoms with E-state index in [0.29, 0.717) is 17.3 Å². The number of urea groups is 1. The number of rotatable bonds is 4. The molecule has 2 amide bonds. The van der Waals surface area contributed by atoms with E-state index in [1.807, 2.05) is 60.4 Å². The molecule has 0 saturated carbocycles. The second-order valence-electron chi connectivity index (χ2n) is 8.44. The number of hydrogen-bond donors (Lipinski definition) is 2. The maximum atomic E-state index is 13.6. The highest BCUT2D eigenvalue weighted by atomic mass is 35.5. The third kappa shape index (κ3) is 3.94. The fourth-order valence-corrected chi connectivity index (χ4v) is 4.83. The van der Waals surface area contributed by atoms with Gasteiger partial charge in [0.05, 0.1) is 20.3 Å². The van der Waals surface area contributed by atoms with E-state index in [2.05, 4.69) is 16.4 Å². The molecule has 1 aromatic heterocycles. The van der Waals surface area contributed by atoms with Crippen molar-refractivity contribution in [2.45, 2.75) is 19.4 Å². The molecule has 0 unspecified atom stereocenters. The second-order valence-corrected chi connectivity index (χ2v) is 8.87. The number of nitrogens with zero attached hydrogens (tertiary/aromatic N) is 1. The molecule has 4 aromatic rings. The van der Waals surface area contributed by atoms with Crippen molar-refractivity contribution in [3.8, 4) is 11.5 Å². The predicted octanol–water partition coefficient (Wildman–Crippen LogP) is 6.33. The Morgan fingerprint density at radius 1 is 1.03 bits per heavy atom. The van der Waals surface area contributed by atoms with E-state index >= 15 is 0 Å². The molecule has 1 aliphatic heterocycles. The first-order chi connectivity index (χ1) is 16.5. The predicted molar refractivity (Wildman–Crippen MR) is 135 cm³/mol. The van der Waals surface area contributed by atoms with Crippen LogP contribution in [0.15, 0.2) is 60.7 Å². The van der Waals surface area contributed by atoms with Crippen LogP contribution in [0, 0.1) is 6.92 Å². The molecule has 34 heavy (non-hydrogen) atoms. The number of aromatic nitrogens is 1. The fraction of sp³-hybridized carbons (Fsp3) is 0.222. The normalized spacial score (nSPS) is 15.2. The molecule has 0 radical (unpaired) electrons. The van der Waals surface area contributed by atoms with Crippen LogP contribution in [0.2, 0.25) is 5.02 Å². The molecule has 1 atom stereocenters. The number of aryl methyl sites for hydroxylation is 1. The van der Waals surface area contributed by atoms with Crippen molar-refractivity contribution in [1.82, 2.24) is 9.88 Å². The van der Waals surface area contributed by atoms with E-state index < -0.39 is 0 Å². The summed E-state index contributed by atoms with van der Waals surface area (Å²) in [5.41, 5.74) is 5.90. The van der Waals surface area contributed by atoms with E-state index in [-0.39, 0.29) is 12.1 Å². The first-order valence-corrected chi connectivity index (χ1v) is 11.5.